The summed E-state index contributed by atoms with van der Waals surface area (Å²) in [6.45, 7) is 12.4. The summed E-state index contributed by atoms with van der Waals surface area (Å²) < 4.78 is 0. The molecule has 0 bridgehead atoms. The molecule has 214 valence electrons. The predicted molar refractivity (Wildman–Crippen MR) is 157 cm³/mol. The lowest BCUT2D eigenvalue weighted by Crippen LogP contribution is -2.53. The Kier molecular flexibility index (Phi) is 7.35. The van der Waals surface area contributed by atoms with Crippen LogP contribution in [0.5, 0.6) is 0 Å². The summed E-state index contributed by atoms with van der Waals surface area (Å²) >= 11 is 0. The van der Waals surface area contributed by atoms with Gasteiger partial charge in [0.05, 0.1) is 6.10 Å². The molecule has 0 aromatic carbocycles. The molecule has 5 nitrogen and oxygen atoms in total. The van der Waals surface area contributed by atoms with E-state index < -0.39 is 0 Å². The highest BCUT2D eigenvalue weighted by molar-refractivity contribution is 5.76. The summed E-state index contributed by atoms with van der Waals surface area (Å²) in [4.78, 5) is 22.0. The van der Waals surface area contributed by atoms with Gasteiger partial charge in [0, 0.05) is 50.2 Å². The van der Waals surface area contributed by atoms with Crippen LogP contribution < -0.4 is 4.90 Å². The lowest BCUT2D eigenvalue weighted by molar-refractivity contribution is -0.132. The van der Waals surface area contributed by atoms with Crippen molar-refractivity contribution in [1.82, 2.24) is 9.88 Å². The van der Waals surface area contributed by atoms with E-state index in [1.165, 1.54) is 44.2 Å². The summed E-state index contributed by atoms with van der Waals surface area (Å²) in [5.74, 6) is 4.12. The van der Waals surface area contributed by atoms with E-state index in [4.69, 9.17) is 0 Å². The molecule has 1 N–H and O–H groups in total. The van der Waals surface area contributed by atoms with Crippen molar-refractivity contribution in [3.8, 4) is 0 Å². The lowest BCUT2D eigenvalue weighted by atomic mass is 9.47. The first kappa shape index (κ1) is 27.3. The van der Waals surface area contributed by atoms with Crippen LogP contribution in [0, 0.1) is 40.4 Å². The first-order valence-corrected chi connectivity index (χ1v) is 16.0. The fourth-order valence-corrected chi connectivity index (χ4v) is 10.4. The third-order valence-electron chi connectivity index (χ3n) is 12.6. The number of pyridine rings is 1. The fourth-order valence-electron chi connectivity index (χ4n) is 10.4. The number of aliphatic hydroxyl groups excluding tert-OH is 1. The SMILES string of the molecule is CC(CCC(=O)N1CCN(c2ccncc2)C(C)C1)[C@H]1CC[C@H]2[C@@H]3CC=C4C[C@@H](O)CC[C@]4(C)[C@H]3CC[C@]12C. The van der Waals surface area contributed by atoms with Gasteiger partial charge < -0.3 is 14.9 Å². The Morgan fingerprint density at radius 2 is 1.90 bits per heavy atom. The lowest BCUT2D eigenvalue weighted by Gasteiger charge is -2.58. The van der Waals surface area contributed by atoms with E-state index >= 15 is 0 Å². The Bertz CT molecular complexity index is 1070. The quantitative estimate of drug-likeness (QED) is 0.441. The van der Waals surface area contributed by atoms with Crippen LogP contribution in [0.3, 0.4) is 0 Å². The predicted octanol–water partition coefficient (Wildman–Crippen LogP) is 6.47. The monoisotopic (exact) mass is 533 g/mol. The summed E-state index contributed by atoms with van der Waals surface area (Å²) in [7, 11) is 0. The molecule has 1 aliphatic heterocycles. The van der Waals surface area contributed by atoms with Gasteiger partial charge in [0.2, 0.25) is 5.91 Å². The maximum atomic E-state index is 13.3. The van der Waals surface area contributed by atoms with Gasteiger partial charge in [-0.1, -0.05) is 32.4 Å². The van der Waals surface area contributed by atoms with Crippen molar-refractivity contribution in [1.29, 1.82) is 0 Å². The number of allylic oxidation sites excluding steroid dienone is 1. The van der Waals surface area contributed by atoms with E-state index in [1.807, 2.05) is 12.4 Å². The second-order valence-electron chi connectivity index (χ2n) is 14.5. The number of anilines is 1. The molecule has 5 heteroatoms. The number of hydrogen-bond donors (Lipinski definition) is 1. The number of carbonyl (C=O) groups excluding carboxylic acids is 1. The van der Waals surface area contributed by atoms with Gasteiger partial charge in [0.25, 0.3) is 0 Å². The Labute approximate surface area is 236 Å². The highest BCUT2D eigenvalue weighted by Crippen LogP contribution is 2.67. The minimum absolute atomic E-state index is 0.123. The molecular formula is C34H51N3O2. The van der Waals surface area contributed by atoms with Gasteiger partial charge in [-0.15, -0.1) is 0 Å². The van der Waals surface area contributed by atoms with Gasteiger partial charge in [-0.05, 0) is 117 Å². The van der Waals surface area contributed by atoms with Gasteiger partial charge in [-0.3, -0.25) is 9.78 Å². The molecule has 2 heterocycles. The van der Waals surface area contributed by atoms with Crippen molar-refractivity contribution in [2.75, 3.05) is 24.5 Å². The first-order chi connectivity index (χ1) is 18.7. The summed E-state index contributed by atoms with van der Waals surface area (Å²) in [5.41, 5.74) is 3.52. The number of fused-ring (bicyclic) bond motifs is 5. The van der Waals surface area contributed by atoms with E-state index in [9.17, 15) is 9.90 Å². The molecule has 6 rings (SSSR count). The third kappa shape index (κ3) is 4.75. The summed E-state index contributed by atoms with van der Waals surface area (Å²) in [5, 5.41) is 10.3. The molecule has 4 fully saturated rings. The maximum absolute atomic E-state index is 13.3. The number of amides is 1. The highest BCUT2D eigenvalue weighted by Gasteiger charge is 2.59. The molecule has 9 atom stereocenters. The molecule has 1 amide bonds. The van der Waals surface area contributed by atoms with Crippen molar-refractivity contribution < 1.29 is 9.90 Å². The Hall–Kier alpha value is -1.88. The van der Waals surface area contributed by atoms with Crippen molar-refractivity contribution >= 4 is 11.6 Å². The van der Waals surface area contributed by atoms with Crippen LogP contribution in [0.2, 0.25) is 0 Å². The van der Waals surface area contributed by atoms with Gasteiger partial charge in [-0.25, -0.2) is 0 Å². The third-order valence-corrected chi connectivity index (χ3v) is 12.6. The molecule has 5 aliphatic rings. The standard InChI is InChI=1S/C34H51N3O2/c1-23(5-10-32(39)36-19-20-37(24(2)22-36)26-13-17-35-18-14-26)29-8-9-30-28-7-6-25-21-27(38)11-15-33(25,3)31(28)12-16-34(29,30)4/h6,13-14,17-18,23-24,27-31,38H,5,7-12,15-16,19-22H2,1-4H3/t23?,24?,27-,28-,29+,30-,31-,33-,34+/m0/s1. The number of aliphatic hydroxyl groups is 1. The highest BCUT2D eigenvalue weighted by atomic mass is 16.3. The van der Waals surface area contributed by atoms with E-state index in [0.717, 1.165) is 62.6 Å². The van der Waals surface area contributed by atoms with Crippen molar-refractivity contribution in [2.24, 2.45) is 40.4 Å². The van der Waals surface area contributed by atoms with Crippen LogP contribution in [-0.2, 0) is 4.79 Å². The maximum Gasteiger partial charge on any atom is 0.222 e. The summed E-state index contributed by atoms with van der Waals surface area (Å²) in [6.07, 6.45) is 17.6. The van der Waals surface area contributed by atoms with Gasteiger partial charge >= 0.3 is 0 Å². The molecule has 1 saturated heterocycles. The molecule has 1 aromatic heterocycles. The topological polar surface area (TPSA) is 56.7 Å². The van der Waals surface area contributed by atoms with Gasteiger partial charge in [0.15, 0.2) is 0 Å². The zero-order valence-corrected chi connectivity index (χ0v) is 24.8. The molecule has 0 radical (unpaired) electrons. The number of piperazine rings is 1. The number of aromatic nitrogens is 1. The fraction of sp³-hybridized carbons (Fsp3) is 0.765. The minimum atomic E-state index is -0.123. The smallest absolute Gasteiger partial charge is 0.222 e. The molecule has 3 saturated carbocycles. The van der Waals surface area contributed by atoms with Crippen LogP contribution in [0.15, 0.2) is 36.2 Å². The van der Waals surface area contributed by atoms with Crippen LogP contribution >= 0.6 is 0 Å². The number of carbonyl (C=O) groups is 1. The van der Waals surface area contributed by atoms with E-state index in [0.29, 0.717) is 35.1 Å². The van der Waals surface area contributed by atoms with Crippen LogP contribution in [-0.4, -0.2) is 52.7 Å². The number of hydrogen-bond acceptors (Lipinski definition) is 4. The average Bonchev–Trinajstić information content (AvgIpc) is 3.29. The minimum Gasteiger partial charge on any atom is -0.393 e. The first-order valence-electron chi connectivity index (χ1n) is 16.0. The van der Waals surface area contributed by atoms with Gasteiger partial charge in [-0.2, -0.15) is 0 Å². The Morgan fingerprint density at radius 3 is 2.67 bits per heavy atom. The molecule has 39 heavy (non-hydrogen) atoms. The molecular weight excluding hydrogens is 482 g/mol. The molecule has 4 aliphatic carbocycles. The average molecular weight is 534 g/mol. The molecule has 1 aromatic rings. The largest absolute Gasteiger partial charge is 0.393 e. The van der Waals surface area contributed by atoms with Gasteiger partial charge in [0.1, 0.15) is 0 Å². The second-order valence-corrected chi connectivity index (χ2v) is 14.5. The van der Waals surface area contributed by atoms with Crippen LogP contribution in [0.4, 0.5) is 5.69 Å². The van der Waals surface area contributed by atoms with E-state index in [1.54, 1.807) is 5.57 Å². The van der Waals surface area contributed by atoms with Crippen molar-refractivity contribution in [3.05, 3.63) is 36.2 Å². The number of nitrogens with zero attached hydrogens (tertiary/aromatic N) is 3. The zero-order chi connectivity index (χ0) is 27.4. The Balaban J connectivity index is 1.05. The van der Waals surface area contributed by atoms with E-state index in [-0.39, 0.29) is 6.10 Å². The summed E-state index contributed by atoms with van der Waals surface area (Å²) in [6, 6.07) is 4.47. The van der Waals surface area contributed by atoms with Crippen LogP contribution in [0.25, 0.3) is 0 Å². The van der Waals surface area contributed by atoms with Crippen molar-refractivity contribution in [3.63, 3.8) is 0 Å². The number of rotatable bonds is 5. The van der Waals surface area contributed by atoms with Crippen LogP contribution in [0.1, 0.15) is 91.9 Å². The molecule has 2 unspecified atom stereocenters. The Morgan fingerprint density at radius 1 is 1.10 bits per heavy atom. The second kappa shape index (κ2) is 10.5. The van der Waals surface area contributed by atoms with E-state index in [2.05, 4.69) is 60.7 Å². The van der Waals surface area contributed by atoms with Crippen molar-refractivity contribution in [2.45, 2.75) is 104 Å². The molecule has 0 spiro atoms. The zero-order valence-electron chi connectivity index (χ0n) is 24.8. The normalized spacial score (nSPS) is 40.8.